The highest BCUT2D eigenvalue weighted by atomic mass is 16.2. The third kappa shape index (κ3) is 2.76. The van der Waals surface area contributed by atoms with E-state index in [2.05, 4.69) is 10.3 Å². The lowest BCUT2D eigenvalue weighted by Gasteiger charge is -2.16. The zero-order chi connectivity index (χ0) is 14.7. The minimum atomic E-state index is -0.180. The van der Waals surface area contributed by atoms with Crippen molar-refractivity contribution in [3.05, 3.63) is 59.3 Å². The summed E-state index contributed by atoms with van der Waals surface area (Å²) in [6, 6.07) is 13.6. The molecule has 0 aliphatic carbocycles. The zero-order valence-corrected chi connectivity index (χ0v) is 11.5. The Morgan fingerprint density at radius 3 is 2.76 bits per heavy atom. The van der Waals surface area contributed by atoms with Crippen LogP contribution in [0.1, 0.15) is 21.6 Å². The zero-order valence-electron chi connectivity index (χ0n) is 11.5. The normalized spacial score (nSPS) is 12.7. The Balaban J connectivity index is 1.76. The number of hydrogen-bond acceptors (Lipinski definition) is 3. The Hall–Kier alpha value is -2.69. The van der Waals surface area contributed by atoms with Crippen LogP contribution >= 0.6 is 0 Å². The molecule has 1 aromatic heterocycles. The van der Waals surface area contributed by atoms with Crippen molar-refractivity contribution < 1.29 is 9.59 Å². The van der Waals surface area contributed by atoms with Crippen molar-refractivity contribution in [1.82, 2.24) is 10.3 Å². The first-order valence-electron chi connectivity index (χ1n) is 6.82. The van der Waals surface area contributed by atoms with Crippen LogP contribution in [0.5, 0.6) is 0 Å². The minimum Gasteiger partial charge on any atom is -0.347 e. The average Bonchev–Trinajstić information content (AvgIpc) is 2.90. The van der Waals surface area contributed by atoms with E-state index in [4.69, 9.17) is 0 Å². The highest BCUT2D eigenvalue weighted by Gasteiger charge is 2.21. The van der Waals surface area contributed by atoms with E-state index in [9.17, 15) is 9.59 Å². The topological polar surface area (TPSA) is 62.3 Å². The van der Waals surface area contributed by atoms with Gasteiger partial charge in [-0.05, 0) is 18.1 Å². The van der Waals surface area contributed by atoms with Crippen LogP contribution in [0.2, 0.25) is 0 Å². The number of amides is 2. The lowest BCUT2D eigenvalue weighted by Crippen LogP contribution is -2.25. The second kappa shape index (κ2) is 5.75. The fourth-order valence-electron chi connectivity index (χ4n) is 2.35. The van der Waals surface area contributed by atoms with E-state index in [0.29, 0.717) is 24.6 Å². The quantitative estimate of drug-likeness (QED) is 0.845. The Labute approximate surface area is 122 Å². The van der Waals surface area contributed by atoms with Crippen molar-refractivity contribution in [2.75, 3.05) is 11.4 Å². The van der Waals surface area contributed by atoms with Gasteiger partial charge in [0, 0.05) is 18.7 Å². The minimum absolute atomic E-state index is 0.180. The molecular formula is C16H15N3O2. The molecule has 0 radical (unpaired) electrons. The summed E-state index contributed by atoms with van der Waals surface area (Å²) in [6.07, 6.45) is 1.50. The molecule has 1 aromatic carbocycles. The molecule has 0 saturated heterocycles. The first-order chi connectivity index (χ1) is 10.3. The smallest absolute Gasteiger partial charge is 0.270 e. The van der Waals surface area contributed by atoms with Crippen LogP contribution in [0.15, 0.2) is 42.5 Å². The molecule has 2 amide bonds. The number of hydrogen-bond donors (Lipinski definition) is 1. The number of carbonyl (C=O) groups excluding carboxylic acids is 2. The molecule has 21 heavy (non-hydrogen) atoms. The van der Waals surface area contributed by atoms with Crippen LogP contribution in [-0.4, -0.2) is 23.8 Å². The number of pyridine rings is 1. The number of aromatic nitrogens is 1. The van der Waals surface area contributed by atoms with Crippen molar-refractivity contribution in [1.29, 1.82) is 0 Å². The second-order valence-electron chi connectivity index (χ2n) is 4.89. The molecule has 3 rings (SSSR count). The molecule has 5 heteroatoms. The summed E-state index contributed by atoms with van der Waals surface area (Å²) < 4.78 is 0. The van der Waals surface area contributed by atoms with Crippen LogP contribution in [-0.2, 0) is 17.8 Å². The van der Waals surface area contributed by atoms with Gasteiger partial charge in [-0.2, -0.15) is 0 Å². The predicted molar refractivity (Wildman–Crippen MR) is 79.0 cm³/mol. The SMILES string of the molecule is O=CN(CCc1ccccc1)c1ccc2c(n1)C(=O)NC2. The molecule has 1 N–H and O–H groups in total. The number of fused-ring (bicyclic) bond motifs is 1. The first kappa shape index (κ1) is 13.3. The van der Waals surface area contributed by atoms with E-state index in [1.165, 1.54) is 4.90 Å². The number of carbonyl (C=O) groups is 2. The van der Waals surface area contributed by atoms with E-state index in [1.807, 2.05) is 36.4 Å². The van der Waals surface area contributed by atoms with Gasteiger partial charge in [0.2, 0.25) is 6.41 Å². The maximum atomic E-state index is 11.6. The lowest BCUT2D eigenvalue weighted by atomic mass is 10.1. The standard InChI is InChI=1S/C16H15N3O2/c20-11-19(9-8-12-4-2-1-3-5-12)14-7-6-13-10-17-16(21)15(13)18-14/h1-7,11H,8-10H2,(H,17,21). The summed E-state index contributed by atoms with van der Waals surface area (Å²) in [5, 5.41) is 2.72. The molecule has 0 atom stereocenters. The second-order valence-corrected chi connectivity index (χ2v) is 4.89. The van der Waals surface area contributed by atoms with Gasteiger partial charge < -0.3 is 5.32 Å². The molecule has 2 heterocycles. The Morgan fingerprint density at radius 1 is 1.19 bits per heavy atom. The largest absolute Gasteiger partial charge is 0.347 e. The number of nitrogens with zero attached hydrogens (tertiary/aromatic N) is 2. The molecular weight excluding hydrogens is 266 g/mol. The number of benzene rings is 1. The van der Waals surface area contributed by atoms with E-state index in [-0.39, 0.29) is 5.91 Å². The third-order valence-electron chi connectivity index (χ3n) is 3.52. The molecule has 0 fully saturated rings. The van der Waals surface area contributed by atoms with Gasteiger partial charge in [-0.15, -0.1) is 0 Å². The van der Waals surface area contributed by atoms with Gasteiger partial charge in [-0.25, -0.2) is 4.98 Å². The number of nitrogens with one attached hydrogen (secondary N) is 1. The Morgan fingerprint density at radius 2 is 2.00 bits per heavy atom. The van der Waals surface area contributed by atoms with E-state index in [0.717, 1.165) is 24.0 Å². The van der Waals surface area contributed by atoms with Crippen LogP contribution in [0.4, 0.5) is 5.82 Å². The summed E-state index contributed by atoms with van der Waals surface area (Å²) in [5.74, 6) is 0.331. The summed E-state index contributed by atoms with van der Waals surface area (Å²) in [7, 11) is 0. The summed E-state index contributed by atoms with van der Waals surface area (Å²) >= 11 is 0. The summed E-state index contributed by atoms with van der Waals surface area (Å²) in [6.45, 7) is 1.04. The molecule has 0 saturated carbocycles. The average molecular weight is 281 g/mol. The predicted octanol–water partition coefficient (Wildman–Crippen LogP) is 1.53. The fraction of sp³-hybridized carbons (Fsp3) is 0.188. The van der Waals surface area contributed by atoms with Crippen molar-refractivity contribution in [3.63, 3.8) is 0 Å². The Kier molecular flexibility index (Phi) is 3.64. The summed E-state index contributed by atoms with van der Waals surface area (Å²) in [5.41, 5.74) is 2.44. The van der Waals surface area contributed by atoms with Crippen LogP contribution < -0.4 is 10.2 Å². The van der Waals surface area contributed by atoms with Crippen molar-refractivity contribution in [2.24, 2.45) is 0 Å². The number of anilines is 1. The van der Waals surface area contributed by atoms with Gasteiger partial charge >= 0.3 is 0 Å². The lowest BCUT2D eigenvalue weighted by molar-refractivity contribution is -0.107. The molecule has 1 aliphatic rings. The van der Waals surface area contributed by atoms with Crippen molar-refractivity contribution in [2.45, 2.75) is 13.0 Å². The molecule has 106 valence electrons. The van der Waals surface area contributed by atoms with Gasteiger partial charge in [0.1, 0.15) is 11.5 Å². The van der Waals surface area contributed by atoms with Gasteiger partial charge in [0.15, 0.2) is 0 Å². The molecule has 0 unspecified atom stereocenters. The van der Waals surface area contributed by atoms with E-state index >= 15 is 0 Å². The van der Waals surface area contributed by atoms with Gasteiger partial charge in [0.05, 0.1) is 0 Å². The number of rotatable bonds is 5. The Bertz CT molecular complexity index is 670. The van der Waals surface area contributed by atoms with Gasteiger partial charge in [0.25, 0.3) is 5.91 Å². The van der Waals surface area contributed by atoms with Crippen molar-refractivity contribution >= 4 is 18.1 Å². The highest BCUT2D eigenvalue weighted by molar-refractivity contribution is 5.97. The fourth-order valence-corrected chi connectivity index (χ4v) is 2.35. The van der Waals surface area contributed by atoms with Crippen LogP contribution in [0.25, 0.3) is 0 Å². The van der Waals surface area contributed by atoms with Crippen LogP contribution in [0, 0.1) is 0 Å². The van der Waals surface area contributed by atoms with Gasteiger partial charge in [-0.1, -0.05) is 36.4 Å². The third-order valence-corrected chi connectivity index (χ3v) is 3.52. The molecule has 5 nitrogen and oxygen atoms in total. The van der Waals surface area contributed by atoms with Crippen molar-refractivity contribution in [3.8, 4) is 0 Å². The van der Waals surface area contributed by atoms with E-state index < -0.39 is 0 Å². The first-order valence-corrected chi connectivity index (χ1v) is 6.82. The van der Waals surface area contributed by atoms with E-state index in [1.54, 1.807) is 6.07 Å². The maximum absolute atomic E-state index is 11.6. The summed E-state index contributed by atoms with van der Waals surface area (Å²) in [4.78, 5) is 28.7. The van der Waals surface area contributed by atoms with Crippen LogP contribution in [0.3, 0.4) is 0 Å². The molecule has 1 aliphatic heterocycles. The highest BCUT2D eigenvalue weighted by Crippen LogP contribution is 2.18. The molecule has 2 aromatic rings. The van der Waals surface area contributed by atoms with Gasteiger partial charge in [-0.3, -0.25) is 14.5 Å². The maximum Gasteiger partial charge on any atom is 0.270 e. The molecule has 0 spiro atoms. The monoisotopic (exact) mass is 281 g/mol. The molecule has 0 bridgehead atoms.